The predicted molar refractivity (Wildman–Crippen MR) is 119 cm³/mol. The molecule has 1 atom stereocenters. The second-order valence-electron chi connectivity index (χ2n) is 7.75. The lowest BCUT2D eigenvalue weighted by Crippen LogP contribution is -2.49. The van der Waals surface area contributed by atoms with Crippen molar-refractivity contribution >= 4 is 11.8 Å². The van der Waals surface area contributed by atoms with Crippen LogP contribution < -0.4 is 10.6 Å². The molecule has 1 aromatic rings. The molecule has 3 N–H and O–H groups in total. The average molecular weight is 405 g/mol. The third-order valence-corrected chi connectivity index (χ3v) is 5.17. The Morgan fingerprint density at radius 3 is 1.86 bits per heavy atom. The summed E-state index contributed by atoms with van der Waals surface area (Å²) < 4.78 is 0. The Morgan fingerprint density at radius 1 is 0.828 bits per heavy atom. The van der Waals surface area contributed by atoms with Gasteiger partial charge in [0.25, 0.3) is 5.91 Å². The summed E-state index contributed by atoms with van der Waals surface area (Å²) >= 11 is 0. The van der Waals surface area contributed by atoms with Gasteiger partial charge in [-0.2, -0.15) is 0 Å². The number of rotatable bonds is 17. The first kappa shape index (κ1) is 25.2. The highest BCUT2D eigenvalue weighted by atomic mass is 16.3. The van der Waals surface area contributed by atoms with Crippen molar-refractivity contribution in [1.82, 2.24) is 10.6 Å². The average Bonchev–Trinajstić information content (AvgIpc) is 2.75. The first-order chi connectivity index (χ1) is 14.2. The summed E-state index contributed by atoms with van der Waals surface area (Å²) in [5.74, 6) is -0.690. The van der Waals surface area contributed by atoms with Gasteiger partial charge in [0.05, 0.1) is 6.61 Å². The van der Waals surface area contributed by atoms with E-state index in [4.69, 9.17) is 0 Å². The lowest BCUT2D eigenvalue weighted by atomic mass is 10.1. The molecule has 0 aliphatic rings. The topological polar surface area (TPSA) is 78.4 Å². The van der Waals surface area contributed by atoms with E-state index in [-0.39, 0.29) is 11.8 Å². The molecule has 0 radical (unpaired) electrons. The summed E-state index contributed by atoms with van der Waals surface area (Å²) in [4.78, 5) is 24.3. The van der Waals surface area contributed by atoms with Gasteiger partial charge in [-0.15, -0.1) is 0 Å². The number of carbonyl (C=O) groups is 2. The molecule has 164 valence electrons. The Bertz CT molecular complexity index is 548. The number of aliphatic hydroxyl groups excluding tert-OH is 1. The lowest BCUT2D eigenvalue weighted by Gasteiger charge is -2.16. The van der Waals surface area contributed by atoms with Crippen LogP contribution in [-0.4, -0.2) is 36.1 Å². The van der Waals surface area contributed by atoms with E-state index in [0.717, 1.165) is 12.8 Å². The highest BCUT2D eigenvalue weighted by Crippen LogP contribution is 2.11. The molecule has 0 unspecified atom stereocenters. The third kappa shape index (κ3) is 12.3. The van der Waals surface area contributed by atoms with Crippen molar-refractivity contribution in [1.29, 1.82) is 0 Å². The lowest BCUT2D eigenvalue weighted by molar-refractivity contribution is -0.123. The van der Waals surface area contributed by atoms with Gasteiger partial charge in [0.15, 0.2) is 0 Å². The highest BCUT2D eigenvalue weighted by molar-refractivity contribution is 5.97. The van der Waals surface area contributed by atoms with Crippen molar-refractivity contribution < 1.29 is 14.7 Å². The van der Waals surface area contributed by atoms with Crippen LogP contribution in [0.15, 0.2) is 30.3 Å². The SMILES string of the molecule is CCCCCCCCCCCCCCNC(=O)[C@H](CO)NC(=O)c1ccccc1. The van der Waals surface area contributed by atoms with Gasteiger partial charge in [-0.05, 0) is 18.6 Å². The summed E-state index contributed by atoms with van der Waals surface area (Å²) in [5.41, 5.74) is 0.472. The minimum atomic E-state index is -0.917. The van der Waals surface area contributed by atoms with Gasteiger partial charge in [-0.25, -0.2) is 0 Å². The summed E-state index contributed by atoms with van der Waals surface area (Å²) in [7, 11) is 0. The minimum absolute atomic E-state index is 0.333. The molecule has 1 rings (SSSR count). The molecule has 5 heteroatoms. The quantitative estimate of drug-likeness (QED) is 0.332. The molecule has 0 spiro atoms. The largest absolute Gasteiger partial charge is 0.394 e. The molecule has 0 fully saturated rings. The van der Waals surface area contributed by atoms with E-state index in [1.165, 1.54) is 64.2 Å². The van der Waals surface area contributed by atoms with Crippen molar-refractivity contribution in [2.24, 2.45) is 0 Å². The van der Waals surface area contributed by atoms with Gasteiger partial charge < -0.3 is 15.7 Å². The maximum Gasteiger partial charge on any atom is 0.251 e. The number of nitrogens with one attached hydrogen (secondary N) is 2. The molecule has 0 aliphatic heterocycles. The van der Waals surface area contributed by atoms with Crippen LogP contribution in [0, 0.1) is 0 Å². The predicted octanol–water partition coefficient (Wildman–Crippen LogP) is 4.59. The molecule has 0 aromatic heterocycles. The molecule has 0 saturated carbocycles. The van der Waals surface area contributed by atoms with E-state index >= 15 is 0 Å². The first-order valence-electron chi connectivity index (χ1n) is 11.4. The smallest absolute Gasteiger partial charge is 0.251 e. The summed E-state index contributed by atoms with van der Waals surface area (Å²) in [6, 6.07) is 7.77. The summed E-state index contributed by atoms with van der Waals surface area (Å²) in [5, 5.41) is 14.8. The van der Waals surface area contributed by atoms with Crippen molar-refractivity contribution in [3.63, 3.8) is 0 Å². The highest BCUT2D eigenvalue weighted by Gasteiger charge is 2.19. The Hall–Kier alpha value is -1.88. The first-order valence-corrected chi connectivity index (χ1v) is 11.4. The Morgan fingerprint density at radius 2 is 1.34 bits per heavy atom. The summed E-state index contributed by atoms with van der Waals surface area (Å²) in [6.07, 6.45) is 15.3. The molecule has 0 heterocycles. The van der Waals surface area contributed by atoms with E-state index in [9.17, 15) is 14.7 Å². The Labute approximate surface area is 176 Å². The Balaban J connectivity index is 2.02. The number of unbranched alkanes of at least 4 members (excludes halogenated alkanes) is 11. The molecular formula is C24H40N2O3. The molecule has 0 saturated heterocycles. The van der Waals surface area contributed by atoms with Gasteiger partial charge >= 0.3 is 0 Å². The summed E-state index contributed by atoms with van der Waals surface area (Å²) in [6.45, 7) is 2.41. The number of hydrogen-bond acceptors (Lipinski definition) is 3. The maximum atomic E-state index is 12.2. The van der Waals surface area contributed by atoms with Crippen LogP contribution in [0.1, 0.15) is 94.3 Å². The maximum absolute atomic E-state index is 12.2. The fourth-order valence-corrected chi connectivity index (χ4v) is 3.33. The molecule has 5 nitrogen and oxygen atoms in total. The number of benzene rings is 1. The van der Waals surface area contributed by atoms with Crippen molar-refractivity contribution in [2.75, 3.05) is 13.2 Å². The van der Waals surface area contributed by atoms with E-state index < -0.39 is 12.6 Å². The molecule has 0 aliphatic carbocycles. The normalized spacial score (nSPS) is 11.8. The van der Waals surface area contributed by atoms with Gasteiger partial charge in [0, 0.05) is 12.1 Å². The zero-order chi connectivity index (χ0) is 21.2. The van der Waals surface area contributed by atoms with Crippen LogP contribution >= 0.6 is 0 Å². The fraction of sp³-hybridized carbons (Fsp3) is 0.667. The van der Waals surface area contributed by atoms with Crippen LogP contribution in [0.3, 0.4) is 0 Å². The third-order valence-electron chi connectivity index (χ3n) is 5.17. The van der Waals surface area contributed by atoms with E-state index in [2.05, 4.69) is 17.6 Å². The number of amides is 2. The van der Waals surface area contributed by atoms with Crippen LogP contribution in [0.25, 0.3) is 0 Å². The minimum Gasteiger partial charge on any atom is -0.394 e. The van der Waals surface area contributed by atoms with Gasteiger partial charge in [0.2, 0.25) is 5.91 Å². The molecule has 0 bridgehead atoms. The fourth-order valence-electron chi connectivity index (χ4n) is 3.33. The van der Waals surface area contributed by atoms with E-state index in [0.29, 0.717) is 12.1 Å². The van der Waals surface area contributed by atoms with E-state index in [1.54, 1.807) is 24.3 Å². The number of carbonyl (C=O) groups excluding carboxylic acids is 2. The molecular weight excluding hydrogens is 364 g/mol. The molecule has 1 aromatic carbocycles. The van der Waals surface area contributed by atoms with Crippen molar-refractivity contribution in [2.45, 2.75) is 90.0 Å². The number of hydrogen-bond donors (Lipinski definition) is 3. The van der Waals surface area contributed by atoms with Crippen LogP contribution in [0.4, 0.5) is 0 Å². The second kappa shape index (κ2) is 17.0. The molecule has 29 heavy (non-hydrogen) atoms. The standard InChI is InChI=1S/C24H40N2O3/c1-2-3-4-5-6-7-8-9-10-11-12-16-19-25-24(29)22(20-27)26-23(28)21-17-14-13-15-18-21/h13-15,17-18,22,27H,2-12,16,19-20H2,1H3,(H,25,29)(H,26,28)/t22-/m0/s1. The van der Waals surface area contributed by atoms with E-state index in [1.807, 2.05) is 6.07 Å². The zero-order valence-electron chi connectivity index (χ0n) is 18.1. The second-order valence-corrected chi connectivity index (χ2v) is 7.75. The van der Waals surface area contributed by atoms with Gasteiger partial charge in [0.1, 0.15) is 6.04 Å². The van der Waals surface area contributed by atoms with Crippen molar-refractivity contribution in [3.05, 3.63) is 35.9 Å². The van der Waals surface area contributed by atoms with Crippen LogP contribution in [-0.2, 0) is 4.79 Å². The van der Waals surface area contributed by atoms with Crippen LogP contribution in [0.2, 0.25) is 0 Å². The van der Waals surface area contributed by atoms with Gasteiger partial charge in [-0.1, -0.05) is 95.8 Å². The zero-order valence-corrected chi connectivity index (χ0v) is 18.1. The number of aliphatic hydroxyl groups is 1. The Kier molecular flexibility index (Phi) is 14.8. The van der Waals surface area contributed by atoms with Crippen LogP contribution in [0.5, 0.6) is 0 Å². The molecule has 2 amide bonds. The van der Waals surface area contributed by atoms with Crippen molar-refractivity contribution in [3.8, 4) is 0 Å². The monoisotopic (exact) mass is 404 g/mol. The van der Waals surface area contributed by atoms with Gasteiger partial charge in [-0.3, -0.25) is 9.59 Å².